The molecule has 168 valence electrons. The second kappa shape index (κ2) is 8.39. The summed E-state index contributed by atoms with van der Waals surface area (Å²) in [4.78, 5) is 34.8. The Morgan fingerprint density at radius 2 is 2.06 bits per heavy atom. The van der Waals surface area contributed by atoms with Gasteiger partial charge < -0.3 is 9.64 Å². The predicted octanol–water partition coefficient (Wildman–Crippen LogP) is 2.06. The molecule has 8 heteroatoms. The number of likely N-dealkylation sites (tertiary alicyclic amines) is 1. The van der Waals surface area contributed by atoms with Crippen molar-refractivity contribution in [1.82, 2.24) is 24.4 Å². The minimum Gasteiger partial charge on any atom is -0.378 e. The summed E-state index contributed by atoms with van der Waals surface area (Å²) in [6.07, 6.45) is 5.30. The molecule has 2 saturated heterocycles. The summed E-state index contributed by atoms with van der Waals surface area (Å²) >= 11 is 0. The highest BCUT2D eigenvalue weighted by molar-refractivity contribution is 5.76. The van der Waals surface area contributed by atoms with E-state index in [1.54, 1.807) is 4.52 Å². The molecule has 2 fully saturated rings. The molecule has 0 saturated carbocycles. The van der Waals surface area contributed by atoms with Crippen LogP contribution in [0.4, 0.5) is 0 Å². The molecule has 8 nitrogen and oxygen atoms in total. The van der Waals surface area contributed by atoms with E-state index in [-0.39, 0.29) is 17.6 Å². The van der Waals surface area contributed by atoms with Crippen LogP contribution in [0.5, 0.6) is 0 Å². The fourth-order valence-electron chi connectivity index (χ4n) is 5.24. The van der Waals surface area contributed by atoms with Gasteiger partial charge in [-0.25, -0.2) is 9.50 Å². The van der Waals surface area contributed by atoms with Gasteiger partial charge in [-0.1, -0.05) is 0 Å². The molecule has 5 heterocycles. The van der Waals surface area contributed by atoms with Crippen molar-refractivity contribution in [2.45, 2.75) is 77.0 Å². The van der Waals surface area contributed by atoms with Crippen molar-refractivity contribution in [2.75, 3.05) is 26.2 Å². The molecule has 3 aliphatic rings. The molecular formula is C23H33N5O3. The Bertz CT molecular complexity index is 1010. The zero-order chi connectivity index (χ0) is 21.5. The van der Waals surface area contributed by atoms with Crippen molar-refractivity contribution < 1.29 is 9.53 Å². The summed E-state index contributed by atoms with van der Waals surface area (Å²) in [6.45, 7) is 8.25. The first kappa shape index (κ1) is 20.7. The highest BCUT2D eigenvalue weighted by Gasteiger charge is 2.29. The highest BCUT2D eigenvalue weighted by atomic mass is 16.5. The molecule has 1 amide bonds. The molecule has 31 heavy (non-hydrogen) atoms. The summed E-state index contributed by atoms with van der Waals surface area (Å²) in [7, 11) is 0. The number of hydrogen-bond acceptors (Lipinski definition) is 5. The standard InChI is InChI=1S/C23H33N5O3/c1-15(2)27-10-7-19-18(14-27)23(30)28-21(24-19)13-20(25-28)16-5-8-26(9-6-16)22(29)12-17-4-3-11-31-17/h13,15-17,25H,3-12,14H2,1-2H3. The van der Waals surface area contributed by atoms with Crippen LogP contribution in [0.15, 0.2) is 10.9 Å². The predicted molar refractivity (Wildman–Crippen MR) is 117 cm³/mol. The van der Waals surface area contributed by atoms with E-state index in [0.29, 0.717) is 30.6 Å². The van der Waals surface area contributed by atoms with Crippen LogP contribution >= 0.6 is 0 Å². The third-order valence-corrected chi connectivity index (χ3v) is 7.25. The Kier molecular flexibility index (Phi) is 5.60. The van der Waals surface area contributed by atoms with Crippen LogP contribution in [0, 0.1) is 0 Å². The normalized spacial score (nSPS) is 23.1. The molecule has 1 N–H and O–H groups in total. The van der Waals surface area contributed by atoms with Crippen LogP contribution < -0.4 is 5.56 Å². The van der Waals surface area contributed by atoms with Crippen LogP contribution in [0.25, 0.3) is 5.65 Å². The Morgan fingerprint density at radius 1 is 1.26 bits per heavy atom. The Labute approximate surface area is 182 Å². The van der Waals surface area contributed by atoms with Gasteiger partial charge in [-0.2, -0.15) is 0 Å². The average molecular weight is 428 g/mol. The summed E-state index contributed by atoms with van der Waals surface area (Å²) < 4.78 is 7.23. The molecule has 0 aromatic carbocycles. The Morgan fingerprint density at radius 3 is 2.77 bits per heavy atom. The number of nitrogens with zero attached hydrogens (tertiary/aromatic N) is 4. The van der Waals surface area contributed by atoms with Gasteiger partial charge >= 0.3 is 0 Å². The number of nitrogens with one attached hydrogen (secondary N) is 1. The van der Waals surface area contributed by atoms with E-state index in [1.807, 2.05) is 11.0 Å². The topological polar surface area (TPSA) is 82.9 Å². The molecule has 2 aromatic rings. The van der Waals surface area contributed by atoms with Gasteiger partial charge in [0.05, 0.1) is 23.8 Å². The largest absolute Gasteiger partial charge is 0.378 e. The maximum atomic E-state index is 13.1. The van der Waals surface area contributed by atoms with Gasteiger partial charge in [-0.3, -0.25) is 19.6 Å². The van der Waals surface area contributed by atoms with Gasteiger partial charge in [0.2, 0.25) is 5.91 Å². The van der Waals surface area contributed by atoms with E-state index in [2.05, 4.69) is 23.8 Å². The number of fused-ring (bicyclic) bond motifs is 2. The smallest absolute Gasteiger partial charge is 0.277 e. The van der Waals surface area contributed by atoms with Crippen LogP contribution in [0.3, 0.4) is 0 Å². The maximum Gasteiger partial charge on any atom is 0.277 e. The first-order valence-corrected chi connectivity index (χ1v) is 11.8. The molecular weight excluding hydrogens is 394 g/mol. The van der Waals surface area contributed by atoms with E-state index < -0.39 is 0 Å². The second-order valence-corrected chi connectivity index (χ2v) is 9.56. The van der Waals surface area contributed by atoms with Gasteiger partial charge in [0, 0.05) is 62.9 Å². The molecule has 0 bridgehead atoms. The number of aromatic nitrogens is 3. The van der Waals surface area contributed by atoms with Crippen LogP contribution in [0.2, 0.25) is 0 Å². The SMILES string of the molecule is CC(C)N1CCc2nc3cc(C4CCN(C(=O)CC5CCCO5)CC4)[nH]n3c(=O)c2C1. The first-order valence-electron chi connectivity index (χ1n) is 11.8. The van der Waals surface area contributed by atoms with Crippen molar-refractivity contribution in [3.63, 3.8) is 0 Å². The number of ether oxygens (including phenoxy) is 1. The molecule has 5 rings (SSSR count). The van der Waals surface area contributed by atoms with Crippen molar-refractivity contribution in [2.24, 2.45) is 0 Å². The lowest BCUT2D eigenvalue weighted by Crippen LogP contribution is -2.40. The van der Waals surface area contributed by atoms with E-state index >= 15 is 0 Å². The van der Waals surface area contributed by atoms with Gasteiger partial charge in [-0.05, 0) is 39.5 Å². The van der Waals surface area contributed by atoms with Gasteiger partial charge in [0.25, 0.3) is 5.56 Å². The number of aromatic amines is 1. The summed E-state index contributed by atoms with van der Waals surface area (Å²) in [5.41, 5.74) is 3.57. The average Bonchev–Trinajstić information content (AvgIpc) is 3.44. The fraction of sp³-hybridized carbons (Fsp3) is 0.696. The number of H-pyrrole nitrogens is 1. The van der Waals surface area contributed by atoms with Crippen molar-refractivity contribution in [3.8, 4) is 0 Å². The molecule has 1 atom stereocenters. The maximum absolute atomic E-state index is 13.1. The van der Waals surface area contributed by atoms with Crippen molar-refractivity contribution in [1.29, 1.82) is 0 Å². The molecule has 2 aromatic heterocycles. The highest BCUT2D eigenvalue weighted by Crippen LogP contribution is 2.29. The fourth-order valence-corrected chi connectivity index (χ4v) is 5.24. The van der Waals surface area contributed by atoms with E-state index in [9.17, 15) is 9.59 Å². The van der Waals surface area contributed by atoms with E-state index in [1.165, 1.54) is 0 Å². The number of piperidine rings is 1. The number of rotatable bonds is 4. The van der Waals surface area contributed by atoms with E-state index in [0.717, 1.165) is 75.3 Å². The zero-order valence-electron chi connectivity index (χ0n) is 18.6. The number of amides is 1. The lowest BCUT2D eigenvalue weighted by molar-refractivity contribution is -0.134. The Hall–Kier alpha value is -2.19. The van der Waals surface area contributed by atoms with Crippen LogP contribution in [0.1, 0.15) is 68.8 Å². The van der Waals surface area contributed by atoms with Gasteiger partial charge in [-0.15, -0.1) is 0 Å². The minimum absolute atomic E-state index is 0.0285. The third kappa shape index (κ3) is 4.03. The summed E-state index contributed by atoms with van der Waals surface area (Å²) in [5.74, 6) is 0.527. The van der Waals surface area contributed by atoms with Crippen molar-refractivity contribution in [3.05, 3.63) is 33.4 Å². The molecule has 1 unspecified atom stereocenters. The molecule has 0 aliphatic carbocycles. The third-order valence-electron chi connectivity index (χ3n) is 7.25. The number of carbonyl (C=O) groups is 1. The number of hydrogen-bond donors (Lipinski definition) is 1. The van der Waals surface area contributed by atoms with E-state index in [4.69, 9.17) is 9.72 Å². The minimum atomic E-state index is 0.0285. The van der Waals surface area contributed by atoms with Crippen molar-refractivity contribution >= 4 is 11.6 Å². The van der Waals surface area contributed by atoms with Crippen LogP contribution in [-0.2, 0) is 22.5 Å². The van der Waals surface area contributed by atoms with Crippen LogP contribution in [-0.4, -0.2) is 68.7 Å². The quantitative estimate of drug-likeness (QED) is 0.808. The first-order chi connectivity index (χ1) is 15.0. The second-order valence-electron chi connectivity index (χ2n) is 9.56. The Balaban J connectivity index is 1.29. The lowest BCUT2D eigenvalue weighted by Gasteiger charge is -2.32. The summed E-state index contributed by atoms with van der Waals surface area (Å²) in [5, 5.41) is 3.33. The zero-order valence-corrected chi connectivity index (χ0v) is 18.6. The van der Waals surface area contributed by atoms with Gasteiger partial charge in [0.1, 0.15) is 0 Å². The molecule has 0 spiro atoms. The monoisotopic (exact) mass is 427 g/mol. The lowest BCUT2D eigenvalue weighted by atomic mass is 9.93. The number of carbonyl (C=O) groups excluding carboxylic acids is 1. The summed E-state index contributed by atoms with van der Waals surface area (Å²) in [6, 6.07) is 2.45. The van der Waals surface area contributed by atoms with Gasteiger partial charge in [0.15, 0.2) is 5.65 Å². The molecule has 0 radical (unpaired) electrons. The molecule has 3 aliphatic heterocycles.